The number of allylic oxidation sites excluding steroid dienone is 12. The molecule has 0 heteroatoms. The summed E-state index contributed by atoms with van der Waals surface area (Å²) in [6, 6.07) is 0. The van der Waals surface area contributed by atoms with Gasteiger partial charge >= 0.3 is 0 Å². The van der Waals surface area contributed by atoms with Gasteiger partial charge in [-0.15, -0.1) is 0 Å². The maximum absolute atomic E-state index is 2.37. The Bertz CT molecular complexity index is 490. The molecule has 0 saturated heterocycles. The summed E-state index contributed by atoms with van der Waals surface area (Å²) in [5.41, 5.74) is 0. The van der Waals surface area contributed by atoms with Crippen LogP contribution in [0.25, 0.3) is 0 Å². The molecule has 0 aromatic carbocycles. The molecule has 0 rings (SSSR count). The normalized spacial score (nSPS) is 12.9. The smallest absolute Gasteiger partial charge is 0.0169 e. The second-order valence-corrected chi connectivity index (χ2v) is 9.41. The lowest BCUT2D eigenvalue weighted by Crippen LogP contribution is -1.83. The van der Waals surface area contributed by atoms with Crippen molar-refractivity contribution in [3.05, 3.63) is 72.9 Å². The van der Waals surface area contributed by atoms with E-state index in [1.807, 2.05) is 0 Å². The van der Waals surface area contributed by atoms with Crippen molar-refractivity contribution in [2.24, 2.45) is 0 Å². The zero-order chi connectivity index (χ0) is 24.6. The van der Waals surface area contributed by atoms with Crippen molar-refractivity contribution in [1.82, 2.24) is 0 Å². The van der Waals surface area contributed by atoms with Gasteiger partial charge in [0.05, 0.1) is 0 Å². The van der Waals surface area contributed by atoms with Crippen molar-refractivity contribution in [2.75, 3.05) is 0 Å². The van der Waals surface area contributed by atoms with Crippen LogP contribution in [0.15, 0.2) is 72.9 Å². The lowest BCUT2D eigenvalue weighted by Gasteiger charge is -2.02. The Morgan fingerprint density at radius 3 is 0.794 bits per heavy atom. The highest BCUT2D eigenvalue weighted by Gasteiger charge is 1.93. The highest BCUT2D eigenvalue weighted by Crippen LogP contribution is 2.13. The van der Waals surface area contributed by atoms with Gasteiger partial charge in [-0.05, 0) is 64.2 Å². The fraction of sp³-hybridized carbons (Fsp3) is 0.647. The predicted octanol–water partition coefficient (Wildman–Crippen LogP) is 12.2. The third kappa shape index (κ3) is 30.4. The van der Waals surface area contributed by atoms with Crippen LogP contribution in [0.2, 0.25) is 0 Å². The Morgan fingerprint density at radius 1 is 0.265 bits per heavy atom. The lowest BCUT2D eigenvalue weighted by atomic mass is 10.0. The van der Waals surface area contributed by atoms with E-state index in [9.17, 15) is 0 Å². The maximum atomic E-state index is 2.37. The van der Waals surface area contributed by atoms with Gasteiger partial charge < -0.3 is 0 Å². The molecule has 0 N–H and O–H groups in total. The van der Waals surface area contributed by atoms with Crippen molar-refractivity contribution < 1.29 is 0 Å². The molecular weight excluding hydrogens is 408 g/mol. The van der Waals surface area contributed by atoms with Gasteiger partial charge in [-0.3, -0.25) is 0 Å². The van der Waals surface area contributed by atoms with E-state index < -0.39 is 0 Å². The minimum atomic E-state index is 1.08. The molecule has 194 valence electrons. The van der Waals surface area contributed by atoms with E-state index in [1.54, 1.807) is 0 Å². The number of hydrogen-bond donors (Lipinski definition) is 0. The quantitative estimate of drug-likeness (QED) is 0.0926. The fourth-order valence-electron chi connectivity index (χ4n) is 3.95. The molecule has 0 atom stereocenters. The summed E-state index contributed by atoms with van der Waals surface area (Å²) in [6.45, 7) is 4.36. The summed E-state index contributed by atoms with van der Waals surface area (Å²) in [5.74, 6) is 0. The topological polar surface area (TPSA) is 0 Å². The Hall–Kier alpha value is -1.56. The minimum Gasteiger partial charge on any atom is -0.0885 e. The third-order valence-corrected chi connectivity index (χ3v) is 6.05. The van der Waals surface area contributed by atoms with Gasteiger partial charge in [0.25, 0.3) is 0 Å². The van der Waals surface area contributed by atoms with Crippen LogP contribution in [-0.4, -0.2) is 0 Å². The van der Waals surface area contributed by atoms with Crippen LogP contribution in [0.3, 0.4) is 0 Å². The van der Waals surface area contributed by atoms with Gasteiger partial charge in [0.2, 0.25) is 0 Å². The van der Waals surface area contributed by atoms with Crippen LogP contribution < -0.4 is 0 Å². The zero-order valence-electron chi connectivity index (χ0n) is 23.1. The molecule has 0 radical (unpaired) electrons. The zero-order valence-corrected chi connectivity index (χ0v) is 23.1. The molecular formula is C34H58. The van der Waals surface area contributed by atoms with E-state index >= 15 is 0 Å². The van der Waals surface area contributed by atoms with Crippen LogP contribution in [-0.2, 0) is 0 Å². The number of rotatable bonds is 25. The Balaban J connectivity index is 3.21. The molecule has 0 aliphatic carbocycles. The van der Waals surface area contributed by atoms with Crippen LogP contribution in [0.4, 0.5) is 0 Å². The van der Waals surface area contributed by atoms with Crippen LogP contribution >= 0.6 is 0 Å². The molecule has 0 fully saturated rings. The highest BCUT2D eigenvalue weighted by atomic mass is 14.0. The standard InChI is InChI=1S/C34H58/c1-3-5-7-9-11-13-15-17-19-21-23-25-27-29-31-33-34-32-30-28-26-24-22-20-18-16-14-12-10-8-6-4-2/h5-8,11-14,17-20H,3-4,9-10,15-16,21-34H2,1-2H3/b7-5+,8-6+,13-11+,14-12+,19-17+,20-18+. The third-order valence-electron chi connectivity index (χ3n) is 6.05. The van der Waals surface area contributed by atoms with E-state index in [0.29, 0.717) is 0 Å². The number of unbranched alkanes of at least 4 members (excludes halogenated alkanes) is 13. The minimum absolute atomic E-state index is 1.08. The molecule has 34 heavy (non-hydrogen) atoms. The SMILES string of the molecule is CC/C=C/C/C=C/C/C=C/CCCCCCCCCCCCCC/C=C/C/C=C/C/C=C/CC. The van der Waals surface area contributed by atoms with Gasteiger partial charge in [-0.25, -0.2) is 0 Å². The first-order chi connectivity index (χ1) is 16.9. The molecule has 0 aromatic heterocycles. The summed E-state index contributed by atoms with van der Waals surface area (Å²) in [6.07, 6.45) is 53.6. The van der Waals surface area contributed by atoms with Crippen LogP contribution in [0.1, 0.15) is 142 Å². The van der Waals surface area contributed by atoms with Gasteiger partial charge in [-0.1, -0.05) is 151 Å². The van der Waals surface area contributed by atoms with Crippen molar-refractivity contribution >= 4 is 0 Å². The van der Waals surface area contributed by atoms with Gasteiger partial charge in [-0.2, -0.15) is 0 Å². The molecule has 0 bridgehead atoms. The number of hydrogen-bond acceptors (Lipinski definition) is 0. The van der Waals surface area contributed by atoms with Crippen LogP contribution in [0, 0.1) is 0 Å². The molecule has 0 aliphatic heterocycles. The Kier molecular flexibility index (Phi) is 30.0. The molecule has 0 saturated carbocycles. The van der Waals surface area contributed by atoms with Gasteiger partial charge in [0.15, 0.2) is 0 Å². The Labute approximate surface area is 215 Å². The predicted molar refractivity (Wildman–Crippen MR) is 159 cm³/mol. The first-order valence-corrected chi connectivity index (χ1v) is 14.8. The van der Waals surface area contributed by atoms with E-state index in [-0.39, 0.29) is 0 Å². The van der Waals surface area contributed by atoms with Crippen molar-refractivity contribution in [2.45, 2.75) is 142 Å². The summed E-state index contributed by atoms with van der Waals surface area (Å²) in [5, 5.41) is 0. The average Bonchev–Trinajstić information content (AvgIpc) is 2.85. The molecule has 0 nitrogen and oxygen atoms in total. The second-order valence-electron chi connectivity index (χ2n) is 9.41. The fourth-order valence-corrected chi connectivity index (χ4v) is 3.95. The van der Waals surface area contributed by atoms with Crippen molar-refractivity contribution in [3.8, 4) is 0 Å². The van der Waals surface area contributed by atoms with E-state index in [2.05, 4.69) is 86.8 Å². The summed E-state index contributed by atoms with van der Waals surface area (Å²) >= 11 is 0. The molecule has 0 aliphatic rings. The highest BCUT2D eigenvalue weighted by molar-refractivity contribution is 4.97. The maximum Gasteiger partial charge on any atom is -0.0169 e. The molecule has 0 aromatic rings. The van der Waals surface area contributed by atoms with E-state index in [0.717, 1.165) is 38.5 Å². The lowest BCUT2D eigenvalue weighted by molar-refractivity contribution is 0.542. The summed E-state index contributed by atoms with van der Waals surface area (Å²) in [4.78, 5) is 0. The average molecular weight is 467 g/mol. The van der Waals surface area contributed by atoms with Gasteiger partial charge in [0, 0.05) is 0 Å². The second kappa shape index (κ2) is 31.4. The van der Waals surface area contributed by atoms with Crippen molar-refractivity contribution in [3.63, 3.8) is 0 Å². The van der Waals surface area contributed by atoms with Crippen molar-refractivity contribution in [1.29, 1.82) is 0 Å². The summed E-state index contributed by atoms with van der Waals surface area (Å²) in [7, 11) is 0. The monoisotopic (exact) mass is 466 g/mol. The molecule has 0 amide bonds. The van der Waals surface area contributed by atoms with Gasteiger partial charge in [0.1, 0.15) is 0 Å². The molecule has 0 heterocycles. The Morgan fingerprint density at radius 2 is 0.500 bits per heavy atom. The molecule has 0 unspecified atom stereocenters. The first kappa shape index (κ1) is 32.4. The molecule has 0 spiro atoms. The van der Waals surface area contributed by atoms with Crippen LogP contribution in [0.5, 0.6) is 0 Å². The summed E-state index contributed by atoms with van der Waals surface area (Å²) < 4.78 is 0. The first-order valence-electron chi connectivity index (χ1n) is 14.8. The van der Waals surface area contributed by atoms with E-state index in [1.165, 1.54) is 89.9 Å². The van der Waals surface area contributed by atoms with E-state index in [4.69, 9.17) is 0 Å². The largest absolute Gasteiger partial charge is 0.0885 e.